The Bertz CT molecular complexity index is 396. The monoisotopic (exact) mass is 275 g/mol. The lowest BCUT2D eigenvalue weighted by atomic mass is 9.91. The van der Waals surface area contributed by atoms with Gasteiger partial charge in [-0.05, 0) is 31.6 Å². The molecule has 2 aliphatic carbocycles. The summed E-state index contributed by atoms with van der Waals surface area (Å²) in [7, 11) is -3.40. The molecule has 2 saturated carbocycles. The highest BCUT2D eigenvalue weighted by atomic mass is 32.2. The molecule has 0 amide bonds. The Morgan fingerprint density at radius 3 is 2.22 bits per heavy atom. The van der Waals surface area contributed by atoms with Crippen molar-refractivity contribution in [3.8, 4) is 0 Å². The maximum absolute atomic E-state index is 12.3. The zero-order valence-corrected chi connectivity index (χ0v) is 11.4. The first-order chi connectivity index (χ1) is 8.49. The molecule has 1 N–H and O–H groups in total. The van der Waals surface area contributed by atoms with E-state index in [0.29, 0.717) is 0 Å². The average Bonchev–Trinajstić information content (AvgIpc) is 3.10. The maximum atomic E-state index is 12.3. The van der Waals surface area contributed by atoms with E-state index in [9.17, 15) is 13.2 Å². The molecule has 2 rings (SSSR count). The van der Waals surface area contributed by atoms with Gasteiger partial charge in [0.25, 0.3) is 0 Å². The molecular weight excluding hydrogens is 254 g/mol. The number of aliphatic carboxylic acids is 1. The van der Waals surface area contributed by atoms with Gasteiger partial charge in [-0.1, -0.05) is 19.3 Å². The summed E-state index contributed by atoms with van der Waals surface area (Å²) >= 11 is 0. The summed E-state index contributed by atoms with van der Waals surface area (Å²) in [4.78, 5) is 10.8. The van der Waals surface area contributed by atoms with Gasteiger partial charge in [0.05, 0.1) is 5.75 Å². The Kier molecular flexibility index (Phi) is 4.27. The molecule has 6 heteroatoms. The second kappa shape index (κ2) is 5.57. The molecule has 0 atom stereocenters. The molecule has 2 fully saturated rings. The zero-order chi connectivity index (χ0) is 13.2. The molecule has 0 heterocycles. The van der Waals surface area contributed by atoms with Crippen molar-refractivity contribution in [2.45, 2.75) is 51.0 Å². The topological polar surface area (TPSA) is 74.7 Å². The number of carbonyl (C=O) groups is 1. The normalized spacial score (nSPS) is 22.3. The van der Waals surface area contributed by atoms with E-state index < -0.39 is 16.0 Å². The number of sulfonamides is 1. The minimum atomic E-state index is -3.40. The van der Waals surface area contributed by atoms with Gasteiger partial charge in [0.15, 0.2) is 0 Å². The molecule has 0 aromatic carbocycles. The van der Waals surface area contributed by atoms with Gasteiger partial charge in [-0.15, -0.1) is 0 Å². The van der Waals surface area contributed by atoms with Crippen LogP contribution >= 0.6 is 0 Å². The third kappa shape index (κ3) is 3.68. The second-order valence-electron chi connectivity index (χ2n) is 5.45. The summed E-state index contributed by atoms with van der Waals surface area (Å²) in [6.07, 6.45) is 6.92. The molecule has 0 aromatic rings. The Balaban J connectivity index is 1.99. The quantitative estimate of drug-likeness (QED) is 0.796. The van der Waals surface area contributed by atoms with E-state index in [2.05, 4.69) is 0 Å². The Morgan fingerprint density at radius 2 is 1.72 bits per heavy atom. The fourth-order valence-electron chi connectivity index (χ4n) is 2.70. The molecule has 0 spiro atoms. The molecule has 18 heavy (non-hydrogen) atoms. The van der Waals surface area contributed by atoms with Crippen LogP contribution in [0.15, 0.2) is 0 Å². The SMILES string of the molecule is O=C(O)CN(C1CC1)S(=O)(=O)CC1CCCCC1. The van der Waals surface area contributed by atoms with E-state index in [0.717, 1.165) is 38.5 Å². The van der Waals surface area contributed by atoms with Crippen LogP contribution in [0.25, 0.3) is 0 Å². The fourth-order valence-corrected chi connectivity index (χ4v) is 4.79. The number of hydrogen-bond donors (Lipinski definition) is 1. The number of carboxylic acids is 1. The van der Waals surface area contributed by atoms with Crippen LogP contribution in [0.4, 0.5) is 0 Å². The molecule has 0 radical (unpaired) electrons. The second-order valence-corrected chi connectivity index (χ2v) is 7.42. The fraction of sp³-hybridized carbons (Fsp3) is 0.917. The lowest BCUT2D eigenvalue weighted by molar-refractivity contribution is -0.137. The van der Waals surface area contributed by atoms with E-state index in [-0.39, 0.29) is 24.3 Å². The third-order valence-corrected chi connectivity index (χ3v) is 5.81. The lowest BCUT2D eigenvalue weighted by Gasteiger charge is -2.26. The largest absolute Gasteiger partial charge is 0.480 e. The summed E-state index contributed by atoms with van der Waals surface area (Å²) in [6.45, 7) is -0.375. The van der Waals surface area contributed by atoms with Crippen LogP contribution in [0.1, 0.15) is 44.9 Å². The minimum Gasteiger partial charge on any atom is -0.480 e. The first-order valence-corrected chi connectivity index (χ1v) is 8.31. The number of nitrogens with zero attached hydrogens (tertiary/aromatic N) is 1. The number of hydrogen-bond acceptors (Lipinski definition) is 3. The van der Waals surface area contributed by atoms with Crippen molar-refractivity contribution in [2.24, 2.45) is 5.92 Å². The predicted octanol–water partition coefficient (Wildman–Crippen LogP) is 1.45. The Hall–Kier alpha value is -0.620. The number of rotatable bonds is 6. The first-order valence-electron chi connectivity index (χ1n) is 6.70. The summed E-state index contributed by atoms with van der Waals surface area (Å²) < 4.78 is 25.8. The van der Waals surface area contributed by atoms with Gasteiger partial charge in [-0.2, -0.15) is 4.31 Å². The van der Waals surface area contributed by atoms with Crippen LogP contribution in [0.5, 0.6) is 0 Å². The third-order valence-electron chi connectivity index (χ3n) is 3.77. The smallest absolute Gasteiger partial charge is 0.318 e. The molecule has 0 saturated heterocycles. The van der Waals surface area contributed by atoms with Gasteiger partial charge in [-0.25, -0.2) is 8.42 Å². The van der Waals surface area contributed by atoms with Crippen molar-refractivity contribution in [3.63, 3.8) is 0 Å². The maximum Gasteiger partial charge on any atom is 0.318 e. The van der Waals surface area contributed by atoms with Gasteiger partial charge in [-0.3, -0.25) is 4.79 Å². The van der Waals surface area contributed by atoms with Crippen molar-refractivity contribution in [1.82, 2.24) is 4.31 Å². The molecular formula is C12H21NO4S. The first kappa shape index (κ1) is 13.8. The molecule has 0 aliphatic heterocycles. The predicted molar refractivity (Wildman–Crippen MR) is 67.7 cm³/mol. The molecule has 5 nitrogen and oxygen atoms in total. The summed E-state index contributed by atoms with van der Waals surface area (Å²) in [6, 6.07) is -0.0605. The van der Waals surface area contributed by atoms with Crippen LogP contribution in [-0.4, -0.2) is 42.1 Å². The van der Waals surface area contributed by atoms with E-state index in [4.69, 9.17) is 5.11 Å². The standard InChI is InChI=1S/C12H21NO4S/c14-12(15)8-13(11-6-7-11)18(16,17)9-10-4-2-1-3-5-10/h10-11H,1-9H2,(H,14,15). The Labute approximate surface area is 108 Å². The van der Waals surface area contributed by atoms with Crippen LogP contribution in [-0.2, 0) is 14.8 Å². The highest BCUT2D eigenvalue weighted by Crippen LogP contribution is 2.32. The molecule has 0 bridgehead atoms. The summed E-state index contributed by atoms with van der Waals surface area (Å²) in [5, 5.41) is 8.82. The van der Waals surface area contributed by atoms with Gasteiger partial charge in [0.2, 0.25) is 10.0 Å². The molecule has 2 aliphatic rings. The number of carboxylic acid groups (broad SMARTS) is 1. The van der Waals surface area contributed by atoms with Crippen molar-refractivity contribution < 1.29 is 18.3 Å². The van der Waals surface area contributed by atoms with Gasteiger partial charge in [0, 0.05) is 6.04 Å². The lowest BCUT2D eigenvalue weighted by Crippen LogP contribution is -2.40. The van der Waals surface area contributed by atoms with Crippen LogP contribution < -0.4 is 0 Å². The van der Waals surface area contributed by atoms with E-state index in [1.807, 2.05) is 0 Å². The van der Waals surface area contributed by atoms with Crippen molar-refractivity contribution in [2.75, 3.05) is 12.3 Å². The van der Waals surface area contributed by atoms with E-state index >= 15 is 0 Å². The molecule has 0 unspecified atom stereocenters. The highest BCUT2D eigenvalue weighted by molar-refractivity contribution is 7.89. The zero-order valence-electron chi connectivity index (χ0n) is 10.5. The Morgan fingerprint density at radius 1 is 1.11 bits per heavy atom. The van der Waals surface area contributed by atoms with Crippen LogP contribution in [0.3, 0.4) is 0 Å². The van der Waals surface area contributed by atoms with Gasteiger partial charge < -0.3 is 5.11 Å². The van der Waals surface area contributed by atoms with Crippen LogP contribution in [0, 0.1) is 5.92 Å². The van der Waals surface area contributed by atoms with Crippen LogP contribution in [0.2, 0.25) is 0 Å². The van der Waals surface area contributed by atoms with E-state index in [1.54, 1.807) is 0 Å². The molecule has 0 aromatic heterocycles. The molecule has 104 valence electrons. The van der Waals surface area contributed by atoms with E-state index in [1.165, 1.54) is 10.7 Å². The van der Waals surface area contributed by atoms with Crippen molar-refractivity contribution in [1.29, 1.82) is 0 Å². The van der Waals surface area contributed by atoms with Crippen molar-refractivity contribution in [3.05, 3.63) is 0 Å². The minimum absolute atomic E-state index is 0.0605. The van der Waals surface area contributed by atoms with Gasteiger partial charge >= 0.3 is 5.97 Å². The summed E-state index contributed by atoms with van der Waals surface area (Å²) in [5.41, 5.74) is 0. The summed E-state index contributed by atoms with van der Waals surface area (Å²) in [5.74, 6) is -0.704. The van der Waals surface area contributed by atoms with Crippen molar-refractivity contribution >= 4 is 16.0 Å². The average molecular weight is 275 g/mol. The van der Waals surface area contributed by atoms with Gasteiger partial charge in [0.1, 0.15) is 6.54 Å². The highest BCUT2D eigenvalue weighted by Gasteiger charge is 2.39.